The van der Waals surface area contributed by atoms with Crippen LogP contribution in [0.1, 0.15) is 64.1 Å². The summed E-state index contributed by atoms with van der Waals surface area (Å²) in [5, 5.41) is 0.527. The maximum atomic E-state index is 12.5. The second-order valence-electron chi connectivity index (χ2n) is 8.89. The van der Waals surface area contributed by atoms with Crippen molar-refractivity contribution in [3.63, 3.8) is 0 Å². The molecule has 0 fully saturated rings. The number of rotatable bonds is 11. The second-order valence-corrected chi connectivity index (χ2v) is 9.89. The highest BCUT2D eigenvalue weighted by Gasteiger charge is 2.11. The summed E-state index contributed by atoms with van der Waals surface area (Å²) < 4.78 is 0. The third-order valence-electron chi connectivity index (χ3n) is 5.72. The van der Waals surface area contributed by atoms with E-state index in [0.717, 1.165) is 35.1 Å². The first-order chi connectivity index (χ1) is 16.4. The zero-order chi connectivity index (χ0) is 24.5. The molecule has 0 bridgehead atoms. The average molecular weight is 497 g/mol. The van der Waals surface area contributed by atoms with Gasteiger partial charge in [-0.25, -0.2) is 4.98 Å². The van der Waals surface area contributed by atoms with Gasteiger partial charge in [0, 0.05) is 34.5 Å². The summed E-state index contributed by atoms with van der Waals surface area (Å²) in [4.78, 5) is 29.2. The largest absolute Gasteiger partial charge is 0.306 e. The van der Waals surface area contributed by atoms with Crippen LogP contribution in [0.15, 0.2) is 52.4 Å². The summed E-state index contributed by atoms with van der Waals surface area (Å²) in [6.45, 7) is 6.97. The van der Waals surface area contributed by atoms with Crippen LogP contribution >= 0.6 is 20.8 Å². The summed E-state index contributed by atoms with van der Waals surface area (Å²) in [7, 11) is 2.69. The Morgan fingerprint density at radius 1 is 1.12 bits per heavy atom. The third kappa shape index (κ3) is 7.58. The minimum atomic E-state index is -0.230. The molecular weight excluding hydrogens is 463 g/mol. The number of hydrogen-bond donors (Lipinski definition) is 1. The number of nitrogens with one attached hydrogen (secondary N) is 1. The van der Waals surface area contributed by atoms with Gasteiger partial charge in [-0.1, -0.05) is 73.4 Å². The molecule has 1 atom stereocenters. The van der Waals surface area contributed by atoms with Crippen molar-refractivity contribution in [1.82, 2.24) is 15.0 Å². The summed E-state index contributed by atoms with van der Waals surface area (Å²) in [6.07, 6.45) is 8.97. The first kappa shape index (κ1) is 26.2. The SMILES string of the molecule is CCCCCCCc1ccc(-c2cc(=O)[nH]c(-c3cc(CN=C(P)C(C)C)ccc3Cl)n2)cn1. The van der Waals surface area contributed by atoms with Crippen LogP contribution in [0, 0.1) is 5.92 Å². The number of benzene rings is 1. The van der Waals surface area contributed by atoms with Gasteiger partial charge in [0.2, 0.25) is 0 Å². The van der Waals surface area contributed by atoms with Crippen LogP contribution in [0.25, 0.3) is 22.6 Å². The van der Waals surface area contributed by atoms with E-state index in [2.05, 4.69) is 45.0 Å². The first-order valence-electron chi connectivity index (χ1n) is 12.0. The van der Waals surface area contributed by atoms with Crippen molar-refractivity contribution in [3.05, 3.63) is 69.2 Å². The number of aromatic nitrogens is 3. The summed E-state index contributed by atoms with van der Waals surface area (Å²) >= 11 is 6.48. The Labute approximate surface area is 209 Å². The predicted molar refractivity (Wildman–Crippen MR) is 147 cm³/mol. The number of aryl methyl sites for hydroxylation is 1. The Morgan fingerprint density at radius 2 is 1.91 bits per heavy atom. The highest BCUT2D eigenvalue weighted by atomic mass is 35.5. The van der Waals surface area contributed by atoms with Gasteiger partial charge in [0.15, 0.2) is 0 Å². The van der Waals surface area contributed by atoms with E-state index in [-0.39, 0.29) is 5.56 Å². The van der Waals surface area contributed by atoms with E-state index in [9.17, 15) is 4.79 Å². The molecule has 0 radical (unpaired) electrons. The quantitative estimate of drug-likeness (QED) is 0.175. The van der Waals surface area contributed by atoms with Gasteiger partial charge in [0.1, 0.15) is 5.82 Å². The molecule has 7 heteroatoms. The number of unbranched alkanes of at least 4 members (excludes halogenated alkanes) is 4. The zero-order valence-corrected chi connectivity index (χ0v) is 22.2. The van der Waals surface area contributed by atoms with Gasteiger partial charge in [-0.3, -0.25) is 14.8 Å². The molecule has 34 heavy (non-hydrogen) atoms. The van der Waals surface area contributed by atoms with Crippen LogP contribution < -0.4 is 5.56 Å². The highest BCUT2D eigenvalue weighted by molar-refractivity contribution is 7.40. The fourth-order valence-electron chi connectivity index (χ4n) is 3.58. The molecule has 1 unspecified atom stereocenters. The molecule has 1 aromatic carbocycles. The van der Waals surface area contributed by atoms with Gasteiger partial charge in [-0.05, 0) is 48.6 Å². The number of hydrogen-bond acceptors (Lipinski definition) is 4. The van der Waals surface area contributed by atoms with Crippen molar-refractivity contribution >= 4 is 26.3 Å². The van der Waals surface area contributed by atoms with Gasteiger partial charge in [-0.2, -0.15) is 0 Å². The molecule has 5 nitrogen and oxygen atoms in total. The molecule has 3 aromatic rings. The molecule has 0 aliphatic heterocycles. The van der Waals surface area contributed by atoms with E-state index in [1.165, 1.54) is 31.7 Å². The maximum Gasteiger partial charge on any atom is 0.251 e. The van der Waals surface area contributed by atoms with Crippen molar-refractivity contribution in [1.29, 1.82) is 0 Å². The molecule has 0 saturated carbocycles. The van der Waals surface area contributed by atoms with E-state index in [4.69, 9.17) is 16.6 Å². The van der Waals surface area contributed by atoms with Crippen LogP contribution in [-0.2, 0) is 13.0 Å². The molecule has 0 amide bonds. The second kappa shape index (κ2) is 12.9. The minimum absolute atomic E-state index is 0.230. The van der Waals surface area contributed by atoms with E-state index in [1.807, 2.05) is 30.3 Å². The van der Waals surface area contributed by atoms with Crippen LogP contribution in [0.5, 0.6) is 0 Å². The summed E-state index contributed by atoms with van der Waals surface area (Å²) in [5.41, 5.74) is 4.92. The molecule has 0 spiro atoms. The van der Waals surface area contributed by atoms with Gasteiger partial charge in [0.25, 0.3) is 5.56 Å². The van der Waals surface area contributed by atoms with Crippen molar-refractivity contribution in [2.75, 3.05) is 0 Å². The molecule has 0 aliphatic rings. The standard InChI is InChI=1S/C27H34ClN4OP/c1-4-5-6-7-8-9-21-12-11-20(17-29-21)24-15-25(33)32-26(31-24)22-14-19(10-13-23(22)28)16-30-27(34)18(2)3/h10-15,17-18H,4-9,16,34H2,1-3H3,(H,31,32,33). The number of aromatic amines is 1. The molecule has 2 aromatic heterocycles. The van der Waals surface area contributed by atoms with Gasteiger partial charge < -0.3 is 4.98 Å². The van der Waals surface area contributed by atoms with Gasteiger partial charge in [-0.15, -0.1) is 0 Å². The smallest absolute Gasteiger partial charge is 0.251 e. The molecule has 0 aliphatic carbocycles. The zero-order valence-electron chi connectivity index (χ0n) is 20.3. The lowest BCUT2D eigenvalue weighted by molar-refractivity contribution is 0.628. The Morgan fingerprint density at radius 3 is 2.62 bits per heavy atom. The van der Waals surface area contributed by atoms with Crippen molar-refractivity contribution in [2.45, 2.75) is 65.8 Å². The van der Waals surface area contributed by atoms with Gasteiger partial charge >= 0.3 is 0 Å². The Bertz CT molecular complexity index is 1170. The molecule has 3 rings (SSSR count). The topological polar surface area (TPSA) is 71.0 Å². The van der Waals surface area contributed by atoms with Crippen molar-refractivity contribution in [3.8, 4) is 22.6 Å². The first-order valence-corrected chi connectivity index (χ1v) is 13.0. The van der Waals surface area contributed by atoms with Crippen LogP contribution in [0.3, 0.4) is 0 Å². The predicted octanol–water partition coefficient (Wildman–Crippen LogP) is 7.09. The average Bonchev–Trinajstić information content (AvgIpc) is 2.83. The number of pyridine rings is 1. The number of H-pyrrole nitrogens is 1. The van der Waals surface area contributed by atoms with Crippen molar-refractivity contribution in [2.24, 2.45) is 10.9 Å². The third-order valence-corrected chi connectivity index (χ3v) is 6.90. The molecule has 180 valence electrons. The normalized spacial score (nSPS) is 11.9. The lowest BCUT2D eigenvalue weighted by Crippen LogP contribution is -2.09. The van der Waals surface area contributed by atoms with Gasteiger partial charge in [0.05, 0.1) is 17.3 Å². The van der Waals surface area contributed by atoms with E-state index in [1.54, 1.807) is 6.20 Å². The number of aliphatic imine (C=N–C) groups is 1. The fraction of sp³-hybridized carbons (Fsp3) is 0.407. The summed E-state index contributed by atoms with van der Waals surface area (Å²) in [6, 6.07) is 11.2. The molecule has 1 N–H and O–H groups in total. The lowest BCUT2D eigenvalue weighted by Gasteiger charge is -2.09. The number of nitrogens with zero attached hydrogens (tertiary/aromatic N) is 3. The Kier molecular flexibility index (Phi) is 9.98. The molecule has 0 saturated heterocycles. The van der Waals surface area contributed by atoms with E-state index < -0.39 is 0 Å². The molecular formula is C27H34ClN4OP. The monoisotopic (exact) mass is 496 g/mol. The Balaban J connectivity index is 1.81. The van der Waals surface area contributed by atoms with E-state index in [0.29, 0.717) is 34.6 Å². The fourth-order valence-corrected chi connectivity index (χ4v) is 3.88. The van der Waals surface area contributed by atoms with Crippen LogP contribution in [0.4, 0.5) is 0 Å². The van der Waals surface area contributed by atoms with Crippen molar-refractivity contribution < 1.29 is 0 Å². The van der Waals surface area contributed by atoms with E-state index >= 15 is 0 Å². The highest BCUT2D eigenvalue weighted by Crippen LogP contribution is 2.28. The lowest BCUT2D eigenvalue weighted by atomic mass is 10.1. The minimum Gasteiger partial charge on any atom is -0.306 e. The Hall–Kier alpha value is -2.36. The maximum absolute atomic E-state index is 12.5. The molecule has 2 heterocycles. The van der Waals surface area contributed by atoms with Crippen LogP contribution in [-0.4, -0.2) is 20.4 Å². The number of halogens is 1. The van der Waals surface area contributed by atoms with Crippen LogP contribution in [0.2, 0.25) is 5.02 Å². The summed E-state index contributed by atoms with van der Waals surface area (Å²) in [5.74, 6) is 0.806.